The molecule has 1 atom stereocenters. The van der Waals surface area contributed by atoms with Gasteiger partial charge in [-0.2, -0.15) is 0 Å². The summed E-state index contributed by atoms with van der Waals surface area (Å²) in [5.41, 5.74) is 0.830. The zero-order valence-corrected chi connectivity index (χ0v) is 17.6. The molecule has 1 aromatic heterocycles. The molecule has 2 heterocycles. The quantitative estimate of drug-likeness (QED) is 0.698. The highest BCUT2D eigenvalue weighted by atomic mass is 32.2. The Kier molecular flexibility index (Phi) is 7.20. The molecule has 8 heteroatoms. The maximum Gasteiger partial charge on any atom is 0.233 e. The van der Waals surface area contributed by atoms with E-state index in [9.17, 15) is 13.2 Å². The average molecular weight is 423 g/mol. The highest BCUT2D eigenvalue weighted by Gasteiger charge is 2.27. The summed E-state index contributed by atoms with van der Waals surface area (Å²) in [7, 11) is -3.27. The number of carbonyl (C=O) groups excluding carboxylic acids is 1. The second-order valence-corrected chi connectivity index (χ2v) is 10.1. The fourth-order valence-electron chi connectivity index (χ4n) is 3.48. The molecule has 0 spiro atoms. The van der Waals surface area contributed by atoms with Crippen LogP contribution in [0.5, 0.6) is 0 Å². The lowest BCUT2D eigenvalue weighted by Crippen LogP contribution is -2.26. The van der Waals surface area contributed by atoms with Crippen molar-refractivity contribution in [3.8, 4) is 0 Å². The van der Waals surface area contributed by atoms with Gasteiger partial charge < -0.3 is 10.1 Å². The van der Waals surface area contributed by atoms with Crippen LogP contribution in [0.3, 0.4) is 0 Å². The molecule has 0 aliphatic carbocycles. The number of aromatic nitrogens is 1. The van der Waals surface area contributed by atoms with Crippen LogP contribution in [0.15, 0.2) is 40.7 Å². The molecule has 3 rings (SSSR count). The molecule has 1 N–H and O–H groups in total. The highest BCUT2D eigenvalue weighted by molar-refractivity contribution is 7.91. The number of hydrogen-bond donors (Lipinski definition) is 1. The first kappa shape index (κ1) is 21.0. The lowest BCUT2D eigenvalue weighted by molar-refractivity contribution is -0.118. The van der Waals surface area contributed by atoms with E-state index in [0.29, 0.717) is 28.8 Å². The Morgan fingerprint density at radius 3 is 2.61 bits per heavy atom. The Balaban J connectivity index is 1.81. The average Bonchev–Trinajstić information content (AvgIpc) is 3.20. The Morgan fingerprint density at radius 1 is 1.29 bits per heavy atom. The smallest absolute Gasteiger partial charge is 0.233 e. The fraction of sp³-hybridized carbons (Fsp3) is 0.500. The van der Waals surface area contributed by atoms with Crippen molar-refractivity contribution in [1.82, 2.24) is 4.98 Å². The molecule has 0 saturated carbocycles. The number of rotatable bonds is 8. The van der Waals surface area contributed by atoms with Gasteiger partial charge in [0, 0.05) is 24.8 Å². The molecule has 6 nitrogen and oxygen atoms in total. The monoisotopic (exact) mass is 422 g/mol. The first-order valence-electron chi connectivity index (χ1n) is 9.60. The van der Waals surface area contributed by atoms with Crippen molar-refractivity contribution in [3.05, 3.63) is 41.4 Å². The van der Waals surface area contributed by atoms with Crippen molar-refractivity contribution in [1.29, 1.82) is 0 Å². The van der Waals surface area contributed by atoms with Crippen LogP contribution in [0, 0.1) is 5.92 Å². The Morgan fingerprint density at radius 2 is 2.00 bits per heavy atom. The van der Waals surface area contributed by atoms with E-state index in [1.165, 1.54) is 11.3 Å². The standard InChI is InChI=1S/C20H26N2O4S2/c1-2-13-28(24,25)17-5-3-16(4-6-17)18(14-15-7-10-26-11-8-15)19(23)22-20-21-9-12-27-20/h3-6,9,12,15,18H,2,7-8,10-11,13-14H2,1H3,(H,21,22,23). The first-order chi connectivity index (χ1) is 13.5. The largest absolute Gasteiger partial charge is 0.381 e. The Hall–Kier alpha value is -1.77. The molecular formula is C20H26N2O4S2. The number of sulfone groups is 1. The maximum atomic E-state index is 13.0. The van der Waals surface area contributed by atoms with Gasteiger partial charge in [-0.15, -0.1) is 11.3 Å². The van der Waals surface area contributed by atoms with Gasteiger partial charge in [-0.05, 0) is 49.3 Å². The molecule has 28 heavy (non-hydrogen) atoms. The van der Waals surface area contributed by atoms with Gasteiger partial charge in [-0.1, -0.05) is 19.1 Å². The third-order valence-electron chi connectivity index (χ3n) is 5.00. The van der Waals surface area contributed by atoms with E-state index >= 15 is 0 Å². The summed E-state index contributed by atoms with van der Waals surface area (Å²) in [6, 6.07) is 6.78. The summed E-state index contributed by atoms with van der Waals surface area (Å²) < 4.78 is 30.0. The maximum absolute atomic E-state index is 13.0. The number of hydrogen-bond acceptors (Lipinski definition) is 6. The number of amides is 1. The second-order valence-electron chi connectivity index (χ2n) is 7.06. The molecule has 1 fully saturated rings. The van der Waals surface area contributed by atoms with Crippen molar-refractivity contribution in [2.24, 2.45) is 5.92 Å². The highest BCUT2D eigenvalue weighted by Crippen LogP contribution is 2.31. The van der Waals surface area contributed by atoms with Crippen LogP contribution in [0.2, 0.25) is 0 Å². The minimum atomic E-state index is -3.27. The summed E-state index contributed by atoms with van der Waals surface area (Å²) in [5.74, 6) is 0.0763. The number of thiazole rings is 1. The van der Waals surface area contributed by atoms with Gasteiger partial charge in [-0.25, -0.2) is 13.4 Å². The van der Waals surface area contributed by atoms with Crippen molar-refractivity contribution < 1.29 is 17.9 Å². The van der Waals surface area contributed by atoms with E-state index in [1.54, 1.807) is 30.5 Å². The van der Waals surface area contributed by atoms with Crippen molar-refractivity contribution in [3.63, 3.8) is 0 Å². The van der Waals surface area contributed by atoms with E-state index < -0.39 is 9.84 Å². The molecule has 1 aliphatic heterocycles. The Bertz CT molecular complexity index is 858. The lowest BCUT2D eigenvalue weighted by Gasteiger charge is -2.26. The molecule has 152 valence electrons. The van der Waals surface area contributed by atoms with Crippen LogP contribution in [0.1, 0.15) is 44.1 Å². The third-order valence-corrected chi connectivity index (χ3v) is 7.63. The molecule has 1 unspecified atom stereocenters. The van der Waals surface area contributed by atoms with E-state index in [0.717, 1.165) is 31.6 Å². The van der Waals surface area contributed by atoms with Crippen molar-refractivity contribution >= 4 is 32.2 Å². The van der Waals surface area contributed by atoms with Gasteiger partial charge in [0.2, 0.25) is 5.91 Å². The zero-order chi connectivity index (χ0) is 20.0. The van der Waals surface area contributed by atoms with Gasteiger partial charge in [0.05, 0.1) is 16.6 Å². The number of benzene rings is 1. The molecular weight excluding hydrogens is 396 g/mol. The number of anilines is 1. The topological polar surface area (TPSA) is 85.4 Å². The van der Waals surface area contributed by atoms with Gasteiger partial charge in [0.15, 0.2) is 15.0 Å². The van der Waals surface area contributed by atoms with E-state index in [4.69, 9.17) is 4.74 Å². The normalized spacial score (nSPS) is 16.6. The number of carbonyl (C=O) groups is 1. The summed E-state index contributed by atoms with van der Waals surface area (Å²) in [4.78, 5) is 17.4. The molecule has 1 amide bonds. The van der Waals surface area contributed by atoms with Crippen molar-refractivity contribution in [2.75, 3.05) is 24.3 Å². The minimum absolute atomic E-state index is 0.106. The molecule has 1 aliphatic rings. The fourth-order valence-corrected chi connectivity index (χ4v) is 5.34. The van der Waals surface area contributed by atoms with E-state index in [2.05, 4.69) is 10.3 Å². The molecule has 1 aromatic carbocycles. The predicted molar refractivity (Wildman–Crippen MR) is 110 cm³/mol. The number of ether oxygens (including phenoxy) is 1. The van der Waals surface area contributed by atoms with Gasteiger partial charge in [0.25, 0.3) is 0 Å². The molecule has 2 aromatic rings. The summed E-state index contributed by atoms with van der Waals surface area (Å²) in [5, 5.41) is 5.28. The van der Waals surface area contributed by atoms with Crippen LogP contribution in [-0.2, 0) is 19.4 Å². The third kappa shape index (κ3) is 5.40. The van der Waals surface area contributed by atoms with Gasteiger partial charge >= 0.3 is 0 Å². The number of nitrogens with zero attached hydrogens (tertiary/aromatic N) is 1. The van der Waals surface area contributed by atoms with Crippen LogP contribution in [0.25, 0.3) is 0 Å². The summed E-state index contributed by atoms with van der Waals surface area (Å²) >= 11 is 1.38. The van der Waals surface area contributed by atoms with E-state index in [-0.39, 0.29) is 17.6 Å². The minimum Gasteiger partial charge on any atom is -0.381 e. The van der Waals surface area contributed by atoms with Crippen LogP contribution in [-0.4, -0.2) is 38.3 Å². The number of nitrogens with one attached hydrogen (secondary N) is 1. The van der Waals surface area contributed by atoms with E-state index in [1.807, 2.05) is 12.3 Å². The lowest BCUT2D eigenvalue weighted by atomic mass is 9.84. The SMILES string of the molecule is CCCS(=O)(=O)c1ccc(C(CC2CCOCC2)C(=O)Nc2nccs2)cc1. The van der Waals surface area contributed by atoms with Gasteiger partial charge in [0.1, 0.15) is 0 Å². The zero-order valence-electron chi connectivity index (χ0n) is 16.0. The second kappa shape index (κ2) is 9.62. The predicted octanol–water partition coefficient (Wildman–Crippen LogP) is 3.87. The van der Waals surface area contributed by atoms with Gasteiger partial charge in [-0.3, -0.25) is 4.79 Å². The summed E-state index contributed by atoms with van der Waals surface area (Å²) in [6.07, 6.45) is 4.81. The van der Waals surface area contributed by atoms with Crippen molar-refractivity contribution in [2.45, 2.75) is 43.4 Å². The molecule has 1 saturated heterocycles. The van der Waals surface area contributed by atoms with Crippen LogP contribution in [0.4, 0.5) is 5.13 Å². The van der Waals surface area contributed by atoms with Crippen LogP contribution < -0.4 is 5.32 Å². The summed E-state index contributed by atoms with van der Waals surface area (Å²) in [6.45, 7) is 3.29. The molecule has 0 radical (unpaired) electrons. The molecule has 0 bridgehead atoms. The van der Waals surface area contributed by atoms with Crippen LogP contribution >= 0.6 is 11.3 Å². The first-order valence-corrected chi connectivity index (χ1v) is 12.1. The Labute approximate surface area is 170 Å².